The summed E-state index contributed by atoms with van der Waals surface area (Å²) in [7, 11) is 0. The average molecular weight is 512 g/mol. The van der Waals surface area contributed by atoms with Gasteiger partial charge in [-0.15, -0.1) is 5.10 Å². The highest BCUT2D eigenvalue weighted by Crippen LogP contribution is 2.34. The molecule has 38 heavy (non-hydrogen) atoms. The van der Waals surface area contributed by atoms with Gasteiger partial charge in [-0.3, -0.25) is 0 Å². The molecular formula is C30H29N3O5. The number of aromatic nitrogens is 3. The normalized spacial score (nSPS) is 18.7. The fourth-order valence-electron chi connectivity index (χ4n) is 4.31. The molecule has 1 aromatic heterocycles. The summed E-state index contributed by atoms with van der Waals surface area (Å²) in [6.45, 7) is 4.41. The molecule has 8 nitrogen and oxygen atoms in total. The fourth-order valence-corrected chi connectivity index (χ4v) is 4.31. The molecule has 0 aliphatic carbocycles. The molecular weight excluding hydrogens is 482 g/mol. The second-order valence-corrected chi connectivity index (χ2v) is 9.50. The predicted molar refractivity (Wildman–Crippen MR) is 140 cm³/mol. The van der Waals surface area contributed by atoms with Gasteiger partial charge in [0.05, 0.1) is 23.9 Å². The van der Waals surface area contributed by atoms with Crippen LogP contribution in [0.25, 0.3) is 0 Å². The van der Waals surface area contributed by atoms with Gasteiger partial charge in [0.25, 0.3) is 0 Å². The summed E-state index contributed by atoms with van der Waals surface area (Å²) < 4.78 is 19.4. The molecule has 8 heteroatoms. The van der Waals surface area contributed by atoms with Gasteiger partial charge >= 0.3 is 11.9 Å². The third kappa shape index (κ3) is 6.15. The molecule has 1 saturated heterocycles. The molecule has 0 N–H and O–H groups in total. The molecule has 1 aliphatic heterocycles. The lowest BCUT2D eigenvalue weighted by Crippen LogP contribution is -2.32. The number of carbonyl (C=O) groups is 2. The SMILES string of the molecule is Cc1ccc(C(=O)OC[C@H]2O[C@H](c3cn(Cc4ccccc4)nn3)C[C@@H]2OC(=O)c2ccc(C)cc2)cc1. The van der Waals surface area contributed by atoms with E-state index in [-0.39, 0.29) is 6.61 Å². The van der Waals surface area contributed by atoms with E-state index in [9.17, 15) is 9.59 Å². The highest BCUT2D eigenvalue weighted by atomic mass is 16.6. The minimum Gasteiger partial charge on any atom is -0.459 e. The van der Waals surface area contributed by atoms with E-state index >= 15 is 0 Å². The van der Waals surface area contributed by atoms with Crippen LogP contribution in [0.2, 0.25) is 0 Å². The summed E-state index contributed by atoms with van der Waals surface area (Å²) in [6.07, 6.45) is 0.464. The van der Waals surface area contributed by atoms with Crippen molar-refractivity contribution >= 4 is 11.9 Å². The molecule has 0 bridgehead atoms. The van der Waals surface area contributed by atoms with E-state index in [0.29, 0.717) is 29.8 Å². The molecule has 3 atom stereocenters. The summed E-state index contributed by atoms with van der Waals surface area (Å²) in [5.74, 6) is -0.920. The number of nitrogens with zero attached hydrogens (tertiary/aromatic N) is 3. The molecule has 5 rings (SSSR count). The highest BCUT2D eigenvalue weighted by Gasteiger charge is 2.41. The number of carbonyl (C=O) groups excluding carboxylic acids is 2. The van der Waals surface area contributed by atoms with E-state index in [1.54, 1.807) is 28.9 Å². The van der Waals surface area contributed by atoms with Crippen LogP contribution in [0.15, 0.2) is 85.1 Å². The summed E-state index contributed by atoms with van der Waals surface area (Å²) >= 11 is 0. The molecule has 0 spiro atoms. The Labute approximate surface area is 221 Å². The number of rotatable bonds is 8. The van der Waals surface area contributed by atoms with Gasteiger partial charge in [0.2, 0.25) is 0 Å². The van der Waals surface area contributed by atoms with Crippen LogP contribution in [-0.2, 0) is 20.8 Å². The summed E-state index contributed by atoms with van der Waals surface area (Å²) in [5.41, 5.74) is 4.72. The lowest BCUT2D eigenvalue weighted by Gasteiger charge is -2.19. The van der Waals surface area contributed by atoms with Crippen LogP contribution >= 0.6 is 0 Å². The molecule has 0 radical (unpaired) electrons. The lowest BCUT2D eigenvalue weighted by molar-refractivity contribution is -0.0433. The fraction of sp³-hybridized carbons (Fsp3) is 0.267. The Morgan fingerprint density at radius 3 is 2.18 bits per heavy atom. The van der Waals surface area contributed by atoms with Crippen LogP contribution in [0.5, 0.6) is 0 Å². The zero-order chi connectivity index (χ0) is 26.5. The first-order valence-electron chi connectivity index (χ1n) is 12.6. The Morgan fingerprint density at radius 2 is 1.53 bits per heavy atom. The van der Waals surface area contributed by atoms with Crippen molar-refractivity contribution in [2.75, 3.05) is 6.61 Å². The predicted octanol–water partition coefficient (Wildman–Crippen LogP) is 4.86. The van der Waals surface area contributed by atoms with Gasteiger partial charge in [0.1, 0.15) is 30.6 Å². The topological polar surface area (TPSA) is 92.5 Å². The van der Waals surface area contributed by atoms with Crippen molar-refractivity contribution in [3.05, 3.63) is 119 Å². The van der Waals surface area contributed by atoms with Crippen LogP contribution in [-0.4, -0.2) is 45.7 Å². The van der Waals surface area contributed by atoms with Gasteiger partial charge in [0, 0.05) is 6.42 Å². The Bertz CT molecular complexity index is 1380. The Balaban J connectivity index is 1.29. The van der Waals surface area contributed by atoms with E-state index < -0.39 is 30.3 Å². The number of benzene rings is 3. The largest absolute Gasteiger partial charge is 0.459 e. The van der Waals surface area contributed by atoms with Crippen molar-refractivity contribution < 1.29 is 23.8 Å². The average Bonchev–Trinajstić information content (AvgIpc) is 3.55. The maximum atomic E-state index is 12.9. The van der Waals surface area contributed by atoms with Crippen LogP contribution in [0.4, 0.5) is 0 Å². The molecule has 3 aromatic carbocycles. The van der Waals surface area contributed by atoms with Crippen molar-refractivity contribution in [1.29, 1.82) is 0 Å². The highest BCUT2D eigenvalue weighted by molar-refractivity contribution is 5.90. The van der Waals surface area contributed by atoms with Crippen molar-refractivity contribution in [2.24, 2.45) is 0 Å². The van der Waals surface area contributed by atoms with Crippen molar-refractivity contribution in [3.63, 3.8) is 0 Å². The van der Waals surface area contributed by atoms with Gasteiger partial charge < -0.3 is 14.2 Å². The number of ether oxygens (including phenoxy) is 3. The van der Waals surface area contributed by atoms with E-state index in [4.69, 9.17) is 14.2 Å². The summed E-state index contributed by atoms with van der Waals surface area (Å²) in [4.78, 5) is 25.5. The molecule has 1 aliphatic rings. The van der Waals surface area contributed by atoms with Crippen LogP contribution in [0.3, 0.4) is 0 Å². The third-order valence-corrected chi connectivity index (χ3v) is 6.49. The molecule has 4 aromatic rings. The van der Waals surface area contributed by atoms with E-state index in [0.717, 1.165) is 16.7 Å². The van der Waals surface area contributed by atoms with Crippen molar-refractivity contribution in [1.82, 2.24) is 15.0 Å². The van der Waals surface area contributed by atoms with Gasteiger partial charge in [-0.1, -0.05) is 70.9 Å². The molecule has 194 valence electrons. The third-order valence-electron chi connectivity index (χ3n) is 6.49. The Morgan fingerprint density at radius 1 is 0.895 bits per heavy atom. The molecule has 1 fully saturated rings. The summed E-state index contributed by atoms with van der Waals surface area (Å²) in [5, 5.41) is 8.54. The molecule has 0 amide bonds. The number of hydrogen-bond donors (Lipinski definition) is 0. The second-order valence-electron chi connectivity index (χ2n) is 9.50. The zero-order valence-electron chi connectivity index (χ0n) is 21.3. The second kappa shape index (κ2) is 11.4. The summed E-state index contributed by atoms with van der Waals surface area (Å²) in [6, 6.07) is 24.3. The minimum atomic E-state index is -0.650. The number of hydrogen-bond acceptors (Lipinski definition) is 7. The van der Waals surface area contributed by atoms with E-state index in [1.165, 1.54) is 0 Å². The van der Waals surface area contributed by atoms with Crippen molar-refractivity contribution in [2.45, 2.75) is 45.1 Å². The van der Waals surface area contributed by atoms with E-state index in [2.05, 4.69) is 10.3 Å². The molecule has 0 unspecified atom stereocenters. The minimum absolute atomic E-state index is 0.0623. The van der Waals surface area contributed by atoms with Crippen molar-refractivity contribution in [3.8, 4) is 0 Å². The first kappa shape index (κ1) is 25.4. The Kier molecular flexibility index (Phi) is 7.60. The van der Waals surface area contributed by atoms with Gasteiger partial charge in [-0.2, -0.15) is 0 Å². The molecule has 2 heterocycles. The number of aryl methyl sites for hydroxylation is 2. The van der Waals surface area contributed by atoms with Crippen LogP contribution < -0.4 is 0 Å². The van der Waals surface area contributed by atoms with Crippen LogP contribution in [0, 0.1) is 13.8 Å². The number of esters is 2. The van der Waals surface area contributed by atoms with E-state index in [1.807, 2.05) is 74.6 Å². The zero-order valence-corrected chi connectivity index (χ0v) is 21.3. The smallest absolute Gasteiger partial charge is 0.338 e. The van der Waals surface area contributed by atoms with Gasteiger partial charge in [-0.05, 0) is 43.7 Å². The van der Waals surface area contributed by atoms with Gasteiger partial charge in [0.15, 0.2) is 0 Å². The molecule has 0 saturated carbocycles. The maximum absolute atomic E-state index is 12.9. The van der Waals surface area contributed by atoms with Crippen LogP contribution in [0.1, 0.15) is 55.6 Å². The maximum Gasteiger partial charge on any atom is 0.338 e. The van der Waals surface area contributed by atoms with Gasteiger partial charge in [-0.25, -0.2) is 14.3 Å². The standard InChI is InChI=1S/C30H29N3O5/c1-20-8-12-23(13-9-20)29(34)36-19-28-27(38-30(35)24-14-10-21(2)11-15-24)16-26(37-28)25-18-33(32-31-25)17-22-6-4-3-5-7-22/h3-15,18,26-28H,16-17,19H2,1-2H3/t26-,27-,28+/m0/s1. The monoisotopic (exact) mass is 511 g/mol. The first-order chi connectivity index (χ1) is 18.4. The lowest BCUT2D eigenvalue weighted by atomic mass is 10.1. The first-order valence-corrected chi connectivity index (χ1v) is 12.6. The quantitative estimate of drug-likeness (QED) is 0.312. The Hall–Kier alpha value is -4.30.